The van der Waals surface area contributed by atoms with Gasteiger partial charge in [-0.05, 0) is 68.7 Å². The SMILES string of the molecule is CCCCOc1ccc(C2C(=C(O)c3ccc4c(c3)CC(C)O4)C(=O)C(=O)N2c2nc(C)c(C(=O)OC)s2)cc1OCC. The minimum Gasteiger partial charge on any atom is -0.507 e. The van der Waals surface area contributed by atoms with Crippen LogP contribution in [-0.4, -0.2) is 54.2 Å². The van der Waals surface area contributed by atoms with E-state index in [0.717, 1.165) is 35.5 Å². The van der Waals surface area contributed by atoms with Crippen molar-refractivity contribution in [2.24, 2.45) is 0 Å². The molecule has 2 aliphatic rings. The minimum absolute atomic E-state index is 0.00910. The molecule has 5 rings (SSSR count). The van der Waals surface area contributed by atoms with Gasteiger partial charge in [-0.25, -0.2) is 9.78 Å². The Morgan fingerprint density at radius 2 is 1.93 bits per heavy atom. The fourth-order valence-electron chi connectivity index (χ4n) is 5.25. The Balaban J connectivity index is 1.68. The molecule has 3 aromatic rings. The molecule has 0 saturated carbocycles. The second-order valence-electron chi connectivity index (χ2n) is 10.4. The number of nitrogens with zero attached hydrogens (tertiary/aromatic N) is 2. The number of ketones is 1. The third-order valence-corrected chi connectivity index (χ3v) is 8.45. The van der Waals surface area contributed by atoms with Crippen molar-refractivity contribution in [1.29, 1.82) is 0 Å². The summed E-state index contributed by atoms with van der Waals surface area (Å²) in [5, 5.41) is 11.8. The second kappa shape index (κ2) is 12.5. The lowest BCUT2D eigenvalue weighted by Gasteiger charge is -2.24. The molecule has 0 spiro atoms. The summed E-state index contributed by atoms with van der Waals surface area (Å²) in [6.07, 6.45) is 2.47. The molecule has 11 heteroatoms. The van der Waals surface area contributed by atoms with Gasteiger partial charge in [-0.2, -0.15) is 0 Å². The van der Waals surface area contributed by atoms with Crippen molar-refractivity contribution in [3.05, 3.63) is 69.2 Å². The van der Waals surface area contributed by atoms with Gasteiger partial charge in [0.2, 0.25) is 0 Å². The molecule has 1 fully saturated rings. The summed E-state index contributed by atoms with van der Waals surface area (Å²) in [4.78, 5) is 45.7. The summed E-state index contributed by atoms with van der Waals surface area (Å²) in [6, 6.07) is 9.30. The van der Waals surface area contributed by atoms with Gasteiger partial charge < -0.3 is 24.1 Å². The smallest absolute Gasteiger partial charge is 0.350 e. The molecule has 0 aliphatic carbocycles. The Morgan fingerprint density at radius 3 is 2.65 bits per heavy atom. The topological polar surface area (TPSA) is 124 Å². The predicted molar refractivity (Wildman–Crippen MR) is 161 cm³/mol. The Morgan fingerprint density at radius 1 is 1.14 bits per heavy atom. The van der Waals surface area contributed by atoms with Crippen molar-refractivity contribution < 1.29 is 38.4 Å². The molecule has 1 N–H and O–H groups in total. The van der Waals surface area contributed by atoms with Crippen LogP contribution < -0.4 is 19.1 Å². The van der Waals surface area contributed by atoms with Crippen LogP contribution in [0.4, 0.5) is 5.13 Å². The number of rotatable bonds is 10. The third kappa shape index (κ3) is 5.69. The first-order valence-electron chi connectivity index (χ1n) is 14.2. The van der Waals surface area contributed by atoms with E-state index in [9.17, 15) is 19.5 Å². The van der Waals surface area contributed by atoms with Gasteiger partial charge in [0.25, 0.3) is 5.78 Å². The van der Waals surface area contributed by atoms with Crippen LogP contribution in [0.2, 0.25) is 0 Å². The fourth-order valence-corrected chi connectivity index (χ4v) is 6.26. The number of aryl methyl sites for hydroxylation is 1. The first-order chi connectivity index (χ1) is 20.7. The maximum absolute atomic E-state index is 13.7. The minimum atomic E-state index is -1.07. The number of hydrogen-bond donors (Lipinski definition) is 1. The monoisotopic (exact) mass is 606 g/mol. The molecule has 1 saturated heterocycles. The van der Waals surface area contributed by atoms with Gasteiger partial charge in [-0.3, -0.25) is 14.5 Å². The van der Waals surface area contributed by atoms with Crippen LogP contribution in [0.1, 0.15) is 71.7 Å². The number of esters is 1. The number of Topliss-reactive ketones (excluding diaryl/α,β-unsaturated/α-hetero) is 1. The molecule has 2 atom stereocenters. The molecular formula is C32H34N2O8S. The van der Waals surface area contributed by atoms with Gasteiger partial charge in [0.15, 0.2) is 16.6 Å². The Hall–Kier alpha value is -4.38. The number of anilines is 1. The fraction of sp³-hybridized carbons (Fsp3) is 0.375. The number of unbranched alkanes of at least 4 members (excludes halogenated alkanes) is 1. The largest absolute Gasteiger partial charge is 0.507 e. The number of thiazole rings is 1. The van der Waals surface area contributed by atoms with Gasteiger partial charge in [0, 0.05) is 12.0 Å². The lowest BCUT2D eigenvalue weighted by Crippen LogP contribution is -2.29. The summed E-state index contributed by atoms with van der Waals surface area (Å²) in [7, 11) is 1.26. The molecule has 43 heavy (non-hydrogen) atoms. The molecule has 226 valence electrons. The van der Waals surface area contributed by atoms with Crippen LogP contribution in [0.25, 0.3) is 5.76 Å². The van der Waals surface area contributed by atoms with Crippen LogP contribution in [-0.2, 0) is 20.7 Å². The van der Waals surface area contributed by atoms with Crippen LogP contribution in [0.15, 0.2) is 42.0 Å². The number of aliphatic hydroxyl groups excluding tert-OH is 1. The number of aliphatic hydroxyl groups is 1. The molecule has 2 unspecified atom stereocenters. The van der Waals surface area contributed by atoms with E-state index in [4.69, 9.17) is 18.9 Å². The van der Waals surface area contributed by atoms with Crippen molar-refractivity contribution in [3.8, 4) is 17.2 Å². The van der Waals surface area contributed by atoms with E-state index in [1.165, 1.54) is 12.0 Å². The maximum atomic E-state index is 13.7. The van der Waals surface area contributed by atoms with Gasteiger partial charge >= 0.3 is 11.9 Å². The second-order valence-corrected chi connectivity index (χ2v) is 11.3. The number of ether oxygens (including phenoxy) is 4. The van der Waals surface area contributed by atoms with E-state index < -0.39 is 23.7 Å². The summed E-state index contributed by atoms with van der Waals surface area (Å²) >= 11 is 0.941. The zero-order valence-electron chi connectivity index (χ0n) is 24.8. The average Bonchev–Trinajstić information content (AvgIpc) is 3.64. The van der Waals surface area contributed by atoms with Crippen LogP contribution in [0, 0.1) is 6.92 Å². The molecular weight excluding hydrogens is 572 g/mol. The maximum Gasteiger partial charge on any atom is 0.350 e. The Labute approximate surface area is 253 Å². The number of carbonyl (C=O) groups is 3. The molecule has 2 aromatic carbocycles. The van der Waals surface area contributed by atoms with Crippen molar-refractivity contribution in [2.75, 3.05) is 25.2 Å². The van der Waals surface area contributed by atoms with E-state index in [1.54, 1.807) is 43.3 Å². The lowest BCUT2D eigenvalue weighted by molar-refractivity contribution is -0.132. The first-order valence-corrected chi connectivity index (χ1v) is 15.1. The molecule has 0 radical (unpaired) electrons. The highest BCUT2D eigenvalue weighted by atomic mass is 32.1. The zero-order chi connectivity index (χ0) is 30.8. The normalized spacial score (nSPS) is 18.9. The quantitative estimate of drug-likeness (QED) is 0.101. The molecule has 1 aromatic heterocycles. The lowest BCUT2D eigenvalue weighted by atomic mass is 9.94. The molecule has 2 aliphatic heterocycles. The molecule has 10 nitrogen and oxygen atoms in total. The molecule has 3 heterocycles. The van der Waals surface area contributed by atoms with E-state index in [1.807, 2.05) is 13.8 Å². The van der Waals surface area contributed by atoms with Gasteiger partial charge in [0.05, 0.1) is 37.6 Å². The van der Waals surface area contributed by atoms with Crippen molar-refractivity contribution in [1.82, 2.24) is 4.98 Å². The van der Waals surface area contributed by atoms with Gasteiger partial charge in [-0.15, -0.1) is 0 Å². The van der Waals surface area contributed by atoms with Crippen LogP contribution >= 0.6 is 11.3 Å². The summed E-state index contributed by atoms with van der Waals surface area (Å²) in [5.41, 5.74) is 2.03. The van der Waals surface area contributed by atoms with Crippen molar-refractivity contribution >= 4 is 39.9 Å². The number of fused-ring (bicyclic) bond motifs is 1. The van der Waals surface area contributed by atoms with Crippen molar-refractivity contribution in [2.45, 2.75) is 59.1 Å². The Bertz CT molecular complexity index is 1610. The summed E-state index contributed by atoms with van der Waals surface area (Å²) in [6.45, 7) is 8.36. The van der Waals surface area contributed by atoms with E-state index in [-0.39, 0.29) is 27.4 Å². The Kier molecular flexibility index (Phi) is 8.72. The third-order valence-electron chi connectivity index (χ3n) is 7.31. The standard InChI is InChI=1S/C32H34N2O8S/c1-6-8-13-41-23-12-9-19(16-24(23)40-7-2)26-25(27(35)20-10-11-22-21(15-20)14-17(3)42-22)28(36)30(37)34(26)32-33-18(4)29(43-32)31(38)39-5/h9-12,15-17,26,35H,6-8,13-14H2,1-5H3. The highest BCUT2D eigenvalue weighted by Crippen LogP contribution is 2.46. The number of amides is 1. The highest BCUT2D eigenvalue weighted by Gasteiger charge is 2.48. The van der Waals surface area contributed by atoms with Crippen LogP contribution in [0.3, 0.4) is 0 Å². The number of benzene rings is 2. The molecule has 1 amide bonds. The average molecular weight is 607 g/mol. The van der Waals surface area contributed by atoms with Gasteiger partial charge in [-0.1, -0.05) is 30.7 Å². The van der Waals surface area contributed by atoms with E-state index in [0.29, 0.717) is 48.0 Å². The molecule has 0 bridgehead atoms. The summed E-state index contributed by atoms with van der Waals surface area (Å²) in [5.74, 6) is -0.989. The zero-order valence-corrected chi connectivity index (χ0v) is 25.6. The number of carbonyl (C=O) groups excluding carboxylic acids is 3. The number of hydrogen-bond acceptors (Lipinski definition) is 10. The number of aromatic nitrogens is 1. The number of methoxy groups -OCH3 is 1. The highest BCUT2D eigenvalue weighted by molar-refractivity contribution is 7.17. The van der Waals surface area contributed by atoms with E-state index >= 15 is 0 Å². The first kappa shape index (κ1) is 30.1. The van der Waals surface area contributed by atoms with Crippen LogP contribution in [0.5, 0.6) is 17.2 Å². The van der Waals surface area contributed by atoms with Crippen molar-refractivity contribution in [3.63, 3.8) is 0 Å². The van der Waals surface area contributed by atoms with E-state index in [2.05, 4.69) is 11.9 Å². The summed E-state index contributed by atoms with van der Waals surface area (Å²) < 4.78 is 22.5. The van der Waals surface area contributed by atoms with Gasteiger partial charge in [0.1, 0.15) is 22.5 Å². The predicted octanol–water partition coefficient (Wildman–Crippen LogP) is 5.77.